The first kappa shape index (κ1) is 14.9. The van der Waals surface area contributed by atoms with Crippen LogP contribution in [0.3, 0.4) is 0 Å². The number of nitriles is 1. The summed E-state index contributed by atoms with van der Waals surface area (Å²) in [5.74, 6) is -0.297. The van der Waals surface area contributed by atoms with Gasteiger partial charge in [0.25, 0.3) is 5.91 Å². The molecule has 6 nitrogen and oxygen atoms in total. The Hall–Kier alpha value is -3.07. The highest BCUT2D eigenvalue weighted by atomic mass is 16.1. The number of anilines is 2. The number of hydrogen-bond acceptors (Lipinski definition) is 4. The lowest BCUT2D eigenvalue weighted by atomic mass is 9.90. The molecular weight excluding hydrogens is 290 g/mol. The molecule has 0 aliphatic heterocycles. The molecule has 1 heterocycles. The Labute approximate surface area is 134 Å². The summed E-state index contributed by atoms with van der Waals surface area (Å²) in [5.41, 5.74) is 6.61. The number of carbonyl (C=O) groups is 1. The smallest absolute Gasteiger partial charge is 0.254 e. The van der Waals surface area contributed by atoms with Crippen LogP contribution >= 0.6 is 0 Å². The van der Waals surface area contributed by atoms with Gasteiger partial charge in [0.2, 0.25) is 0 Å². The van der Waals surface area contributed by atoms with Crippen LogP contribution in [0.1, 0.15) is 29.2 Å². The van der Waals surface area contributed by atoms with Gasteiger partial charge in [-0.2, -0.15) is 10.4 Å². The zero-order valence-corrected chi connectivity index (χ0v) is 12.5. The Morgan fingerprint density at radius 1 is 1.30 bits per heavy atom. The number of nitrogens with one attached hydrogen (secondary N) is 1. The van der Waals surface area contributed by atoms with Crippen LogP contribution in [-0.2, 0) is 0 Å². The molecule has 0 saturated carbocycles. The largest absolute Gasteiger partial charge is 0.365 e. The van der Waals surface area contributed by atoms with Gasteiger partial charge in [0.05, 0.1) is 18.0 Å². The van der Waals surface area contributed by atoms with Crippen molar-refractivity contribution in [2.75, 3.05) is 5.32 Å². The standard InChI is InChI=1S/C17H17N5O/c18-10-12-6-4-5-9-15(12)22-11-14(16(19)23)17(21-22)20-13-7-2-1-3-8-13/h1-5,7-8,11-12,15H,6,9H2,(H2,19,23)(H,20,21). The molecule has 23 heavy (non-hydrogen) atoms. The van der Waals surface area contributed by atoms with Gasteiger partial charge < -0.3 is 11.1 Å². The van der Waals surface area contributed by atoms with Crippen LogP contribution in [0.2, 0.25) is 0 Å². The topological polar surface area (TPSA) is 96.7 Å². The number of rotatable bonds is 4. The lowest BCUT2D eigenvalue weighted by Gasteiger charge is -2.23. The fourth-order valence-electron chi connectivity index (χ4n) is 2.72. The molecule has 1 aliphatic carbocycles. The summed E-state index contributed by atoms with van der Waals surface area (Å²) >= 11 is 0. The molecule has 6 heteroatoms. The number of carbonyl (C=O) groups excluding carboxylic acids is 1. The van der Waals surface area contributed by atoms with Crippen molar-refractivity contribution in [1.29, 1.82) is 5.26 Å². The Kier molecular flexibility index (Phi) is 4.11. The van der Waals surface area contributed by atoms with Crippen molar-refractivity contribution in [3.05, 3.63) is 54.2 Å². The molecule has 0 spiro atoms. The summed E-state index contributed by atoms with van der Waals surface area (Å²) in [7, 11) is 0. The molecule has 0 saturated heterocycles. The molecule has 1 aromatic carbocycles. The molecule has 116 valence electrons. The van der Waals surface area contributed by atoms with Crippen molar-refractivity contribution in [1.82, 2.24) is 9.78 Å². The zero-order chi connectivity index (χ0) is 16.2. The molecule has 3 N–H and O–H groups in total. The summed E-state index contributed by atoms with van der Waals surface area (Å²) in [6, 6.07) is 11.7. The average molecular weight is 307 g/mol. The number of aromatic nitrogens is 2. The van der Waals surface area contributed by atoms with Gasteiger partial charge in [-0.3, -0.25) is 9.48 Å². The highest BCUT2D eigenvalue weighted by Gasteiger charge is 2.26. The third-order valence-corrected chi connectivity index (χ3v) is 3.94. The predicted octanol–water partition coefficient (Wildman–Crippen LogP) is 2.76. The van der Waals surface area contributed by atoms with E-state index < -0.39 is 5.91 Å². The molecule has 0 radical (unpaired) electrons. The molecule has 2 aromatic rings. The highest BCUT2D eigenvalue weighted by Crippen LogP contribution is 2.31. The molecule has 2 unspecified atom stereocenters. The molecule has 0 fully saturated rings. The number of amides is 1. The molecule has 1 aromatic heterocycles. The van der Waals surface area contributed by atoms with Crippen molar-refractivity contribution >= 4 is 17.4 Å². The van der Waals surface area contributed by atoms with E-state index in [0.29, 0.717) is 24.2 Å². The van der Waals surface area contributed by atoms with Gasteiger partial charge in [-0.05, 0) is 25.0 Å². The first-order chi connectivity index (χ1) is 11.2. The van der Waals surface area contributed by atoms with Crippen molar-refractivity contribution in [2.45, 2.75) is 18.9 Å². The molecule has 1 amide bonds. The molecule has 0 bridgehead atoms. The second kappa shape index (κ2) is 6.36. The van der Waals surface area contributed by atoms with Gasteiger partial charge in [-0.15, -0.1) is 0 Å². The minimum atomic E-state index is -0.547. The Morgan fingerprint density at radius 3 is 2.74 bits per heavy atom. The Morgan fingerprint density at radius 2 is 2.04 bits per heavy atom. The highest BCUT2D eigenvalue weighted by molar-refractivity contribution is 5.98. The van der Waals surface area contributed by atoms with E-state index in [1.807, 2.05) is 42.5 Å². The number of hydrogen-bond donors (Lipinski definition) is 2. The summed E-state index contributed by atoms with van der Waals surface area (Å²) in [6.07, 6.45) is 7.07. The minimum Gasteiger partial charge on any atom is -0.365 e. The number of nitrogens with two attached hydrogens (primary N) is 1. The molecule has 2 atom stereocenters. The molecular formula is C17H17N5O. The number of nitrogens with zero attached hydrogens (tertiary/aromatic N) is 3. The normalized spacial score (nSPS) is 20.0. The number of primary amides is 1. The van der Waals surface area contributed by atoms with Crippen molar-refractivity contribution in [3.8, 4) is 6.07 Å². The monoisotopic (exact) mass is 307 g/mol. The maximum Gasteiger partial charge on any atom is 0.254 e. The van der Waals surface area contributed by atoms with Crippen molar-refractivity contribution in [3.63, 3.8) is 0 Å². The van der Waals surface area contributed by atoms with Gasteiger partial charge >= 0.3 is 0 Å². The first-order valence-electron chi connectivity index (χ1n) is 7.44. The maximum absolute atomic E-state index is 11.7. The third kappa shape index (κ3) is 3.09. The van der Waals surface area contributed by atoms with Crippen LogP contribution in [0.25, 0.3) is 0 Å². The van der Waals surface area contributed by atoms with E-state index in [1.165, 1.54) is 0 Å². The van der Waals surface area contributed by atoms with E-state index in [0.717, 1.165) is 5.69 Å². The third-order valence-electron chi connectivity index (χ3n) is 3.94. The van der Waals surface area contributed by atoms with Gasteiger partial charge in [0.1, 0.15) is 5.56 Å². The summed E-state index contributed by atoms with van der Waals surface area (Å²) in [5, 5.41) is 16.9. The van der Waals surface area contributed by atoms with Crippen molar-refractivity contribution in [2.24, 2.45) is 11.7 Å². The van der Waals surface area contributed by atoms with Crippen molar-refractivity contribution < 1.29 is 4.79 Å². The number of para-hydroxylation sites is 1. The lowest BCUT2D eigenvalue weighted by molar-refractivity contribution is 0.100. The second-order valence-electron chi connectivity index (χ2n) is 5.47. The van der Waals surface area contributed by atoms with Crippen LogP contribution < -0.4 is 11.1 Å². The second-order valence-corrected chi connectivity index (χ2v) is 5.47. The fourth-order valence-corrected chi connectivity index (χ4v) is 2.72. The Balaban J connectivity index is 1.94. The van der Waals surface area contributed by atoms with Gasteiger partial charge in [0, 0.05) is 11.9 Å². The maximum atomic E-state index is 11.7. The van der Waals surface area contributed by atoms with Gasteiger partial charge in [-0.1, -0.05) is 30.4 Å². The van der Waals surface area contributed by atoms with Crippen LogP contribution in [0.15, 0.2) is 48.7 Å². The quantitative estimate of drug-likeness (QED) is 0.849. The fraction of sp³-hybridized carbons (Fsp3) is 0.235. The average Bonchev–Trinajstić information content (AvgIpc) is 2.99. The van der Waals surface area contributed by atoms with E-state index >= 15 is 0 Å². The summed E-state index contributed by atoms with van der Waals surface area (Å²) in [4.78, 5) is 11.7. The Bertz CT molecular complexity index is 772. The van der Waals surface area contributed by atoms with Crippen LogP contribution in [0, 0.1) is 17.2 Å². The predicted molar refractivity (Wildman–Crippen MR) is 87.0 cm³/mol. The van der Waals surface area contributed by atoms with Gasteiger partial charge in [0.15, 0.2) is 5.82 Å². The van der Waals surface area contributed by atoms with E-state index in [2.05, 4.69) is 16.5 Å². The van der Waals surface area contributed by atoms with Crippen LogP contribution in [-0.4, -0.2) is 15.7 Å². The zero-order valence-electron chi connectivity index (χ0n) is 12.5. The summed E-state index contributed by atoms with van der Waals surface area (Å²) in [6.45, 7) is 0. The SMILES string of the molecule is N#CC1CC=CCC1n1cc(C(N)=O)c(Nc2ccccc2)n1. The number of allylic oxidation sites excluding steroid dienone is 2. The van der Waals surface area contributed by atoms with Crippen LogP contribution in [0.5, 0.6) is 0 Å². The summed E-state index contributed by atoms with van der Waals surface area (Å²) < 4.78 is 1.68. The lowest BCUT2D eigenvalue weighted by Crippen LogP contribution is -2.20. The molecule has 3 rings (SSSR count). The number of benzene rings is 1. The van der Waals surface area contributed by atoms with E-state index in [9.17, 15) is 10.1 Å². The molecule has 1 aliphatic rings. The van der Waals surface area contributed by atoms with E-state index in [-0.39, 0.29) is 12.0 Å². The van der Waals surface area contributed by atoms with Gasteiger partial charge in [-0.25, -0.2) is 0 Å². The van der Waals surface area contributed by atoms with E-state index in [1.54, 1.807) is 10.9 Å². The van der Waals surface area contributed by atoms with E-state index in [4.69, 9.17) is 5.73 Å². The first-order valence-corrected chi connectivity index (χ1v) is 7.44. The minimum absolute atomic E-state index is 0.0885. The van der Waals surface area contributed by atoms with Crippen LogP contribution in [0.4, 0.5) is 11.5 Å².